The summed E-state index contributed by atoms with van der Waals surface area (Å²) in [5.41, 5.74) is 0. The maximum atomic E-state index is 11.2. The van der Waals surface area contributed by atoms with Crippen LogP contribution in [0.5, 0.6) is 0 Å². The molecule has 0 atom stereocenters. The fraction of sp³-hybridized carbons (Fsp3) is 1.00. The summed E-state index contributed by atoms with van der Waals surface area (Å²) in [6, 6.07) is 0.481. The molecule has 0 spiro atoms. The van der Waals surface area contributed by atoms with Gasteiger partial charge in [0.15, 0.2) is 0 Å². The van der Waals surface area contributed by atoms with Crippen molar-refractivity contribution in [2.24, 2.45) is 0 Å². The molecule has 1 rings (SSSR count). The Morgan fingerprint density at radius 3 is 2.44 bits per heavy atom. The largest absolute Gasteiger partial charge is 0.313 e. The predicted octanol–water partition coefficient (Wildman–Crippen LogP) is -0.390. The first kappa shape index (κ1) is 13.9. The van der Waals surface area contributed by atoms with Crippen LogP contribution in [0.4, 0.5) is 0 Å². The Labute approximate surface area is 98.6 Å². The van der Waals surface area contributed by atoms with E-state index in [9.17, 15) is 8.42 Å². The van der Waals surface area contributed by atoms with Crippen molar-refractivity contribution >= 4 is 10.0 Å². The molecule has 0 bridgehead atoms. The number of nitrogens with one attached hydrogen (secondary N) is 2. The van der Waals surface area contributed by atoms with E-state index in [1.54, 1.807) is 0 Å². The van der Waals surface area contributed by atoms with Crippen LogP contribution in [0.15, 0.2) is 0 Å². The smallest absolute Gasteiger partial charge is 0.212 e. The molecule has 16 heavy (non-hydrogen) atoms. The molecule has 0 aromatic carbocycles. The molecule has 1 aliphatic heterocycles. The maximum absolute atomic E-state index is 11.2. The van der Waals surface area contributed by atoms with Gasteiger partial charge in [0, 0.05) is 12.6 Å². The quantitative estimate of drug-likeness (QED) is 0.673. The molecule has 1 heterocycles. The summed E-state index contributed by atoms with van der Waals surface area (Å²) < 4.78 is 24.7. The Hall–Kier alpha value is -0.170. The molecule has 1 fully saturated rings. The van der Waals surface area contributed by atoms with Gasteiger partial charge >= 0.3 is 0 Å². The number of nitrogens with zero attached hydrogens (tertiary/aromatic N) is 1. The zero-order chi connectivity index (χ0) is 12.0. The molecule has 0 saturated carbocycles. The van der Waals surface area contributed by atoms with Crippen LogP contribution in [-0.4, -0.2) is 58.3 Å². The zero-order valence-corrected chi connectivity index (χ0v) is 11.0. The summed E-state index contributed by atoms with van der Waals surface area (Å²) in [6.07, 6.45) is 2.24. The van der Waals surface area contributed by atoms with Gasteiger partial charge < -0.3 is 10.2 Å². The van der Waals surface area contributed by atoms with Crippen molar-refractivity contribution in [2.75, 3.05) is 39.0 Å². The lowest BCUT2D eigenvalue weighted by Gasteiger charge is -2.31. The Balaban J connectivity index is 2.16. The topological polar surface area (TPSA) is 61.4 Å². The molecule has 0 amide bonds. The van der Waals surface area contributed by atoms with Gasteiger partial charge in [-0.05, 0) is 39.5 Å². The van der Waals surface area contributed by atoms with Gasteiger partial charge in [0.05, 0.1) is 5.75 Å². The first-order chi connectivity index (χ1) is 7.57. The number of likely N-dealkylation sites (tertiary alicyclic amines) is 1. The average Bonchev–Trinajstić information content (AvgIpc) is 2.30. The van der Waals surface area contributed by atoms with Crippen molar-refractivity contribution in [2.45, 2.75) is 25.8 Å². The fourth-order valence-electron chi connectivity index (χ4n) is 1.95. The predicted molar refractivity (Wildman–Crippen MR) is 66.0 cm³/mol. The van der Waals surface area contributed by atoms with Crippen molar-refractivity contribution in [1.82, 2.24) is 14.9 Å². The summed E-state index contributed by atoms with van der Waals surface area (Å²) in [4.78, 5) is 2.42. The van der Waals surface area contributed by atoms with Gasteiger partial charge in [0.2, 0.25) is 10.0 Å². The molecule has 0 aromatic heterocycles. The number of rotatable bonds is 6. The summed E-state index contributed by atoms with van der Waals surface area (Å²) in [5.74, 6) is 0.164. The van der Waals surface area contributed by atoms with Crippen LogP contribution in [0.25, 0.3) is 0 Å². The van der Waals surface area contributed by atoms with Crippen LogP contribution in [0.2, 0.25) is 0 Å². The van der Waals surface area contributed by atoms with Crippen molar-refractivity contribution in [3.63, 3.8) is 0 Å². The van der Waals surface area contributed by atoms with Crippen molar-refractivity contribution < 1.29 is 8.42 Å². The standard InChI is InChI=1S/C10H23N3O2S/c1-3-13-7-4-10(5-8-13)12-6-9-16(14,15)11-2/h10-12H,3-9H2,1-2H3. The van der Waals surface area contributed by atoms with Gasteiger partial charge in [-0.25, -0.2) is 13.1 Å². The van der Waals surface area contributed by atoms with Crippen LogP contribution in [-0.2, 0) is 10.0 Å². The fourth-order valence-corrected chi connectivity index (χ4v) is 2.54. The Morgan fingerprint density at radius 1 is 1.31 bits per heavy atom. The van der Waals surface area contributed by atoms with E-state index < -0.39 is 10.0 Å². The minimum absolute atomic E-state index is 0.164. The zero-order valence-electron chi connectivity index (χ0n) is 10.2. The third-order valence-electron chi connectivity index (χ3n) is 3.15. The highest BCUT2D eigenvalue weighted by atomic mass is 32.2. The van der Waals surface area contributed by atoms with Crippen molar-refractivity contribution in [3.8, 4) is 0 Å². The first-order valence-electron chi connectivity index (χ1n) is 5.94. The van der Waals surface area contributed by atoms with E-state index in [0.717, 1.165) is 32.5 Å². The highest BCUT2D eigenvalue weighted by molar-refractivity contribution is 7.89. The van der Waals surface area contributed by atoms with E-state index in [0.29, 0.717) is 12.6 Å². The third kappa shape index (κ3) is 4.78. The number of piperidine rings is 1. The first-order valence-corrected chi connectivity index (χ1v) is 7.59. The molecular weight excluding hydrogens is 226 g/mol. The van der Waals surface area contributed by atoms with E-state index >= 15 is 0 Å². The number of hydrogen-bond acceptors (Lipinski definition) is 4. The minimum Gasteiger partial charge on any atom is -0.313 e. The van der Waals surface area contributed by atoms with E-state index in [-0.39, 0.29) is 5.75 Å². The van der Waals surface area contributed by atoms with Gasteiger partial charge in [0.25, 0.3) is 0 Å². The Kier molecular flexibility index (Phi) is 5.68. The monoisotopic (exact) mass is 249 g/mol. The van der Waals surface area contributed by atoms with Gasteiger partial charge in [0.1, 0.15) is 0 Å². The van der Waals surface area contributed by atoms with E-state index in [2.05, 4.69) is 21.9 Å². The molecule has 1 saturated heterocycles. The minimum atomic E-state index is -3.06. The normalized spacial score (nSPS) is 20.1. The summed E-state index contributed by atoms with van der Waals surface area (Å²) in [5, 5.41) is 3.31. The number of hydrogen-bond donors (Lipinski definition) is 2. The number of sulfonamides is 1. The molecular formula is C10H23N3O2S. The van der Waals surface area contributed by atoms with Gasteiger partial charge in [-0.15, -0.1) is 0 Å². The van der Waals surface area contributed by atoms with E-state index in [4.69, 9.17) is 0 Å². The molecule has 2 N–H and O–H groups in total. The Morgan fingerprint density at radius 2 is 1.94 bits per heavy atom. The molecule has 0 radical (unpaired) electrons. The molecule has 0 unspecified atom stereocenters. The summed E-state index contributed by atoms with van der Waals surface area (Å²) >= 11 is 0. The van der Waals surface area contributed by atoms with Crippen LogP contribution in [0.1, 0.15) is 19.8 Å². The van der Waals surface area contributed by atoms with Gasteiger partial charge in [-0.3, -0.25) is 0 Å². The molecule has 1 aliphatic rings. The van der Waals surface area contributed by atoms with Crippen molar-refractivity contribution in [3.05, 3.63) is 0 Å². The second-order valence-corrected chi connectivity index (χ2v) is 6.23. The molecule has 0 aliphatic carbocycles. The lowest BCUT2D eigenvalue weighted by atomic mass is 10.1. The van der Waals surface area contributed by atoms with Crippen LogP contribution < -0.4 is 10.0 Å². The van der Waals surface area contributed by atoms with E-state index in [1.807, 2.05) is 0 Å². The maximum Gasteiger partial charge on any atom is 0.212 e. The molecule has 0 aromatic rings. The van der Waals surface area contributed by atoms with Gasteiger partial charge in [-0.1, -0.05) is 6.92 Å². The lowest BCUT2D eigenvalue weighted by molar-refractivity contribution is 0.208. The van der Waals surface area contributed by atoms with Crippen LogP contribution in [0, 0.1) is 0 Å². The van der Waals surface area contributed by atoms with Crippen molar-refractivity contribution in [1.29, 1.82) is 0 Å². The second-order valence-electron chi connectivity index (χ2n) is 4.19. The highest BCUT2D eigenvalue weighted by Gasteiger charge is 2.17. The van der Waals surface area contributed by atoms with Crippen LogP contribution >= 0.6 is 0 Å². The van der Waals surface area contributed by atoms with E-state index in [1.165, 1.54) is 7.05 Å². The molecule has 6 heteroatoms. The Bertz CT molecular complexity index is 284. The third-order valence-corrected chi connectivity index (χ3v) is 4.51. The molecule has 5 nitrogen and oxygen atoms in total. The summed E-state index contributed by atoms with van der Waals surface area (Å²) in [6.45, 7) is 6.06. The molecule has 96 valence electrons. The summed E-state index contributed by atoms with van der Waals surface area (Å²) in [7, 11) is -1.61. The SMILES string of the molecule is CCN1CCC(NCCS(=O)(=O)NC)CC1. The highest BCUT2D eigenvalue weighted by Crippen LogP contribution is 2.09. The lowest BCUT2D eigenvalue weighted by Crippen LogP contribution is -2.44. The second kappa shape index (κ2) is 6.54. The average molecular weight is 249 g/mol. The van der Waals surface area contributed by atoms with Crippen LogP contribution in [0.3, 0.4) is 0 Å². The van der Waals surface area contributed by atoms with Gasteiger partial charge in [-0.2, -0.15) is 0 Å².